The first-order valence-electron chi connectivity index (χ1n) is 10.6. The van der Waals surface area contributed by atoms with Crippen LogP contribution in [0.15, 0.2) is 42.6 Å². The van der Waals surface area contributed by atoms with Crippen LogP contribution in [0.3, 0.4) is 0 Å². The van der Waals surface area contributed by atoms with E-state index in [0.717, 1.165) is 35.6 Å². The lowest BCUT2D eigenvalue weighted by Gasteiger charge is -2.30. The molecule has 0 aliphatic heterocycles. The number of nitrogens with one attached hydrogen (secondary N) is 1. The number of benzene rings is 2. The van der Waals surface area contributed by atoms with E-state index >= 15 is 0 Å². The number of hydrogen-bond donors (Lipinski definition) is 1. The number of anilines is 1. The molecule has 1 aromatic heterocycles. The van der Waals surface area contributed by atoms with Crippen LogP contribution in [0.5, 0.6) is 5.75 Å². The minimum Gasteiger partial charge on any atom is -0.494 e. The summed E-state index contributed by atoms with van der Waals surface area (Å²) in [6.45, 7) is 4.60. The fourth-order valence-electron chi connectivity index (χ4n) is 4.39. The number of nitrogens with zero attached hydrogens (tertiary/aromatic N) is 2. The second-order valence-electron chi connectivity index (χ2n) is 8.47. The number of rotatable bonds is 5. The van der Waals surface area contributed by atoms with Gasteiger partial charge in [0.2, 0.25) is 0 Å². The Bertz CT molecular complexity index is 1050. The Morgan fingerprint density at radius 3 is 2.60 bits per heavy atom. The van der Waals surface area contributed by atoms with Gasteiger partial charge in [0, 0.05) is 17.6 Å². The van der Waals surface area contributed by atoms with Crippen LogP contribution in [0.4, 0.5) is 10.1 Å². The van der Waals surface area contributed by atoms with Gasteiger partial charge in [-0.1, -0.05) is 26.0 Å². The molecule has 1 N–H and O–H groups in total. The van der Waals surface area contributed by atoms with Gasteiger partial charge in [-0.2, -0.15) is 5.10 Å². The first-order chi connectivity index (χ1) is 14.5. The standard InChI is InChI=1S/C24H28FN3O2/c1-15(2)16-8-10-18(11-9-16)28-14-17-12-22(23(30-3)13-21(17)27-28)26-24(29)19-6-4-5-7-20(19)25/h4-7,12-16,18H,8-11H2,1-3H3,(H,26,29). The van der Waals surface area contributed by atoms with Crippen molar-refractivity contribution in [3.05, 3.63) is 54.0 Å². The molecular weight excluding hydrogens is 381 g/mol. The molecule has 1 fully saturated rings. The number of carbonyl (C=O) groups excluding carboxylic acids is 1. The van der Waals surface area contributed by atoms with E-state index < -0.39 is 11.7 Å². The van der Waals surface area contributed by atoms with Gasteiger partial charge in [-0.05, 0) is 55.7 Å². The van der Waals surface area contributed by atoms with Crippen molar-refractivity contribution in [2.24, 2.45) is 11.8 Å². The van der Waals surface area contributed by atoms with Crippen molar-refractivity contribution in [2.45, 2.75) is 45.6 Å². The van der Waals surface area contributed by atoms with E-state index in [2.05, 4.69) is 23.8 Å². The molecule has 6 heteroatoms. The summed E-state index contributed by atoms with van der Waals surface area (Å²) in [6, 6.07) is 9.99. The number of hydrogen-bond acceptors (Lipinski definition) is 3. The van der Waals surface area contributed by atoms with Gasteiger partial charge in [-0.3, -0.25) is 9.48 Å². The van der Waals surface area contributed by atoms with Gasteiger partial charge < -0.3 is 10.1 Å². The summed E-state index contributed by atoms with van der Waals surface area (Å²) in [4.78, 5) is 12.5. The smallest absolute Gasteiger partial charge is 0.258 e. The number of halogens is 1. The Hall–Kier alpha value is -2.89. The molecular formula is C24H28FN3O2. The Morgan fingerprint density at radius 2 is 1.93 bits per heavy atom. The van der Waals surface area contributed by atoms with Crippen LogP contribution in [0.25, 0.3) is 10.9 Å². The van der Waals surface area contributed by atoms with Crippen LogP contribution in [0.1, 0.15) is 55.9 Å². The highest BCUT2D eigenvalue weighted by molar-refractivity contribution is 6.06. The largest absolute Gasteiger partial charge is 0.494 e. The Morgan fingerprint density at radius 1 is 1.20 bits per heavy atom. The summed E-state index contributed by atoms with van der Waals surface area (Å²) in [7, 11) is 1.55. The fourth-order valence-corrected chi connectivity index (χ4v) is 4.39. The van der Waals surface area contributed by atoms with E-state index in [0.29, 0.717) is 17.5 Å². The van der Waals surface area contributed by atoms with Crippen molar-refractivity contribution in [1.29, 1.82) is 0 Å². The van der Waals surface area contributed by atoms with E-state index in [-0.39, 0.29) is 5.56 Å². The summed E-state index contributed by atoms with van der Waals surface area (Å²) in [5.74, 6) is 0.963. The van der Waals surface area contributed by atoms with Gasteiger partial charge in [0.25, 0.3) is 5.91 Å². The molecule has 5 nitrogen and oxygen atoms in total. The number of aromatic nitrogens is 2. The highest BCUT2D eigenvalue weighted by Gasteiger charge is 2.25. The van der Waals surface area contributed by atoms with Crippen molar-refractivity contribution in [3.63, 3.8) is 0 Å². The number of ether oxygens (including phenoxy) is 1. The summed E-state index contributed by atoms with van der Waals surface area (Å²) >= 11 is 0. The Kier molecular flexibility index (Phi) is 5.75. The fraction of sp³-hybridized carbons (Fsp3) is 0.417. The molecule has 1 aliphatic rings. The number of methoxy groups -OCH3 is 1. The molecule has 0 unspecified atom stereocenters. The summed E-state index contributed by atoms with van der Waals surface area (Å²) < 4.78 is 21.5. The van der Waals surface area contributed by atoms with Gasteiger partial charge in [-0.25, -0.2) is 4.39 Å². The van der Waals surface area contributed by atoms with Crippen LogP contribution < -0.4 is 10.1 Å². The molecule has 3 aromatic rings. The summed E-state index contributed by atoms with van der Waals surface area (Å²) in [6.07, 6.45) is 6.75. The predicted octanol–water partition coefficient (Wildman–Crippen LogP) is 5.82. The van der Waals surface area contributed by atoms with Gasteiger partial charge in [0.05, 0.1) is 29.9 Å². The van der Waals surface area contributed by atoms with Crippen molar-refractivity contribution < 1.29 is 13.9 Å². The van der Waals surface area contributed by atoms with Crippen molar-refractivity contribution >= 4 is 22.5 Å². The predicted molar refractivity (Wildman–Crippen MR) is 116 cm³/mol. The molecule has 0 saturated heterocycles. The maximum absolute atomic E-state index is 14.0. The van der Waals surface area contributed by atoms with Crippen molar-refractivity contribution in [3.8, 4) is 5.75 Å². The third kappa shape index (κ3) is 4.04. The Labute approximate surface area is 176 Å². The van der Waals surface area contributed by atoms with Crippen molar-refractivity contribution in [1.82, 2.24) is 9.78 Å². The molecule has 1 amide bonds. The van der Waals surface area contributed by atoms with Gasteiger partial charge in [0.15, 0.2) is 0 Å². The molecule has 1 heterocycles. The van der Waals surface area contributed by atoms with E-state index in [9.17, 15) is 9.18 Å². The third-order valence-corrected chi connectivity index (χ3v) is 6.27. The molecule has 4 rings (SSSR count). The van der Waals surface area contributed by atoms with Crippen LogP contribution >= 0.6 is 0 Å². The molecule has 0 spiro atoms. The molecule has 0 bridgehead atoms. The minimum atomic E-state index is -0.556. The number of fused-ring (bicyclic) bond motifs is 1. The number of amides is 1. The zero-order chi connectivity index (χ0) is 21.3. The molecule has 1 saturated carbocycles. The second kappa shape index (κ2) is 8.46. The van der Waals surface area contributed by atoms with Crippen LogP contribution in [-0.2, 0) is 0 Å². The maximum atomic E-state index is 14.0. The average Bonchev–Trinajstić information content (AvgIpc) is 3.16. The monoisotopic (exact) mass is 409 g/mol. The lowest BCUT2D eigenvalue weighted by molar-refractivity contribution is 0.102. The van der Waals surface area contributed by atoms with Crippen molar-refractivity contribution in [2.75, 3.05) is 12.4 Å². The van der Waals surface area contributed by atoms with E-state index in [1.54, 1.807) is 19.2 Å². The second-order valence-corrected chi connectivity index (χ2v) is 8.47. The quantitative estimate of drug-likeness (QED) is 0.577. The average molecular weight is 410 g/mol. The zero-order valence-electron chi connectivity index (χ0n) is 17.7. The highest BCUT2D eigenvalue weighted by atomic mass is 19.1. The zero-order valence-corrected chi connectivity index (χ0v) is 17.7. The third-order valence-electron chi connectivity index (χ3n) is 6.27. The van der Waals surface area contributed by atoms with Crippen LogP contribution in [0, 0.1) is 17.7 Å². The van der Waals surface area contributed by atoms with Gasteiger partial charge in [-0.15, -0.1) is 0 Å². The molecule has 1 aliphatic carbocycles. The maximum Gasteiger partial charge on any atom is 0.258 e. The summed E-state index contributed by atoms with van der Waals surface area (Å²) in [5.41, 5.74) is 1.32. The first kappa shape index (κ1) is 20.4. The minimum absolute atomic E-state index is 0.00254. The van der Waals surface area contributed by atoms with Crippen LogP contribution in [-0.4, -0.2) is 22.8 Å². The van der Waals surface area contributed by atoms with E-state index in [1.807, 2.05) is 18.3 Å². The normalized spacial score (nSPS) is 19.2. The summed E-state index contributed by atoms with van der Waals surface area (Å²) in [5, 5.41) is 8.47. The Balaban J connectivity index is 1.58. The topological polar surface area (TPSA) is 56.1 Å². The SMILES string of the molecule is COc1cc2nn(C3CCC(C(C)C)CC3)cc2cc1NC(=O)c1ccccc1F. The first-order valence-corrected chi connectivity index (χ1v) is 10.6. The van der Waals surface area contributed by atoms with Gasteiger partial charge in [0.1, 0.15) is 11.6 Å². The lowest BCUT2D eigenvalue weighted by atomic mass is 9.80. The molecule has 0 atom stereocenters. The molecule has 2 aromatic carbocycles. The van der Waals surface area contributed by atoms with E-state index in [4.69, 9.17) is 9.84 Å². The van der Waals surface area contributed by atoms with Gasteiger partial charge >= 0.3 is 0 Å². The molecule has 30 heavy (non-hydrogen) atoms. The molecule has 0 radical (unpaired) electrons. The lowest BCUT2D eigenvalue weighted by Crippen LogP contribution is -2.21. The van der Waals surface area contributed by atoms with Crippen LogP contribution in [0.2, 0.25) is 0 Å². The highest BCUT2D eigenvalue weighted by Crippen LogP contribution is 2.37. The molecule has 158 valence electrons. The number of carbonyl (C=O) groups is 1. The van der Waals surface area contributed by atoms with E-state index in [1.165, 1.54) is 25.0 Å².